The van der Waals surface area contributed by atoms with Crippen molar-refractivity contribution < 1.29 is 9.59 Å². The molecule has 1 aliphatic heterocycles. The van der Waals surface area contributed by atoms with Crippen LogP contribution in [-0.4, -0.2) is 34.3 Å². The Balaban J connectivity index is 1.36. The fraction of sp³-hybridized carbons (Fsp3) is 0.560. The van der Waals surface area contributed by atoms with E-state index in [0.717, 1.165) is 36.1 Å². The van der Waals surface area contributed by atoms with Crippen molar-refractivity contribution in [2.24, 2.45) is 17.8 Å². The molecule has 2 aromatic rings. The first kappa shape index (κ1) is 22.0. The molecule has 1 aromatic heterocycles. The highest BCUT2D eigenvalue weighted by Crippen LogP contribution is 2.34. The molecule has 3 atom stereocenters. The average molecular weight is 440 g/mol. The van der Waals surface area contributed by atoms with E-state index in [1.165, 1.54) is 17.7 Å². The molecular weight excluding hydrogens is 406 g/mol. The first-order valence-corrected chi connectivity index (χ1v) is 12.4. The second kappa shape index (κ2) is 9.51. The minimum absolute atomic E-state index is 0.0193. The van der Waals surface area contributed by atoms with Gasteiger partial charge in [0.05, 0.1) is 16.1 Å². The second-order valence-electron chi connectivity index (χ2n) is 9.36. The number of carbonyl (C=O) groups is 2. The molecule has 1 N–H and O–H groups in total. The van der Waals surface area contributed by atoms with E-state index in [9.17, 15) is 9.59 Å². The number of hydrogen-bond donors (Lipinski definition) is 1. The quantitative estimate of drug-likeness (QED) is 0.703. The SMILES string of the molecule is Cc1ncsc1-c1ccc(CNC(=O)[C@@H]2C[C@@H](C)CN2C(=O)C(C)C2CCCC2)cc1. The lowest BCUT2D eigenvalue weighted by molar-refractivity contribution is -0.142. The van der Waals surface area contributed by atoms with E-state index in [2.05, 4.69) is 48.4 Å². The molecule has 1 unspecified atom stereocenters. The monoisotopic (exact) mass is 439 g/mol. The number of aryl methyl sites for hydroxylation is 1. The molecule has 1 saturated heterocycles. The first-order chi connectivity index (χ1) is 14.9. The molecule has 31 heavy (non-hydrogen) atoms. The van der Waals surface area contributed by atoms with Crippen LogP contribution in [0.15, 0.2) is 29.8 Å². The van der Waals surface area contributed by atoms with E-state index in [1.54, 1.807) is 11.3 Å². The fourth-order valence-electron chi connectivity index (χ4n) is 5.12. The summed E-state index contributed by atoms with van der Waals surface area (Å²) in [6.45, 7) is 7.38. The number of amides is 2. The van der Waals surface area contributed by atoms with Crippen LogP contribution in [0.4, 0.5) is 0 Å². The summed E-state index contributed by atoms with van der Waals surface area (Å²) >= 11 is 1.64. The molecule has 0 bridgehead atoms. The molecule has 6 heteroatoms. The maximum absolute atomic E-state index is 13.2. The maximum atomic E-state index is 13.2. The minimum Gasteiger partial charge on any atom is -0.350 e. The molecule has 0 spiro atoms. The zero-order valence-corrected chi connectivity index (χ0v) is 19.6. The second-order valence-corrected chi connectivity index (χ2v) is 10.2. The Morgan fingerprint density at radius 3 is 2.58 bits per heavy atom. The van der Waals surface area contributed by atoms with Crippen LogP contribution in [0.5, 0.6) is 0 Å². The maximum Gasteiger partial charge on any atom is 0.243 e. The van der Waals surface area contributed by atoms with Gasteiger partial charge >= 0.3 is 0 Å². The number of nitrogens with zero attached hydrogens (tertiary/aromatic N) is 2. The van der Waals surface area contributed by atoms with Crippen molar-refractivity contribution in [3.8, 4) is 10.4 Å². The highest BCUT2D eigenvalue weighted by molar-refractivity contribution is 7.13. The van der Waals surface area contributed by atoms with Crippen LogP contribution >= 0.6 is 11.3 Å². The van der Waals surface area contributed by atoms with Crippen LogP contribution in [0, 0.1) is 24.7 Å². The third kappa shape index (κ3) is 4.84. The highest BCUT2D eigenvalue weighted by atomic mass is 32.1. The van der Waals surface area contributed by atoms with Gasteiger partial charge in [-0.25, -0.2) is 4.98 Å². The highest BCUT2D eigenvalue weighted by Gasteiger charge is 2.40. The molecule has 4 rings (SSSR count). The van der Waals surface area contributed by atoms with Crippen molar-refractivity contribution in [1.82, 2.24) is 15.2 Å². The van der Waals surface area contributed by atoms with E-state index >= 15 is 0 Å². The zero-order valence-electron chi connectivity index (χ0n) is 18.8. The predicted molar refractivity (Wildman–Crippen MR) is 125 cm³/mol. The Labute approximate surface area is 189 Å². The van der Waals surface area contributed by atoms with E-state index in [1.807, 2.05) is 17.3 Å². The molecule has 1 aromatic carbocycles. The summed E-state index contributed by atoms with van der Waals surface area (Å²) in [5.41, 5.74) is 5.11. The lowest BCUT2D eigenvalue weighted by Crippen LogP contribution is -2.48. The van der Waals surface area contributed by atoms with E-state index in [-0.39, 0.29) is 23.8 Å². The summed E-state index contributed by atoms with van der Waals surface area (Å²) in [4.78, 5) is 33.6. The summed E-state index contributed by atoms with van der Waals surface area (Å²) in [5, 5.41) is 3.08. The van der Waals surface area contributed by atoms with Gasteiger partial charge in [0.1, 0.15) is 6.04 Å². The van der Waals surface area contributed by atoms with Gasteiger partial charge in [0, 0.05) is 19.0 Å². The summed E-state index contributed by atoms with van der Waals surface area (Å²) < 4.78 is 0. The van der Waals surface area contributed by atoms with Gasteiger partial charge < -0.3 is 10.2 Å². The Bertz CT molecular complexity index is 917. The Morgan fingerprint density at radius 1 is 1.23 bits per heavy atom. The van der Waals surface area contributed by atoms with Crippen molar-refractivity contribution in [3.63, 3.8) is 0 Å². The summed E-state index contributed by atoms with van der Waals surface area (Å²) in [5.74, 6) is 0.996. The molecular formula is C25H33N3O2S. The lowest BCUT2D eigenvalue weighted by atomic mass is 9.91. The van der Waals surface area contributed by atoms with Crippen molar-refractivity contribution >= 4 is 23.2 Å². The molecule has 2 fully saturated rings. The number of benzene rings is 1. The minimum atomic E-state index is -0.342. The smallest absolute Gasteiger partial charge is 0.243 e. The van der Waals surface area contributed by atoms with E-state index in [0.29, 0.717) is 24.9 Å². The van der Waals surface area contributed by atoms with Gasteiger partial charge in [0.2, 0.25) is 11.8 Å². The zero-order chi connectivity index (χ0) is 22.0. The van der Waals surface area contributed by atoms with Gasteiger partial charge in [0.15, 0.2) is 0 Å². The van der Waals surface area contributed by atoms with Crippen LogP contribution in [0.25, 0.3) is 10.4 Å². The van der Waals surface area contributed by atoms with Crippen LogP contribution < -0.4 is 5.32 Å². The number of aromatic nitrogens is 1. The van der Waals surface area contributed by atoms with Gasteiger partial charge in [-0.2, -0.15) is 0 Å². The van der Waals surface area contributed by atoms with Crippen molar-refractivity contribution in [2.45, 2.75) is 65.5 Å². The fourth-order valence-corrected chi connectivity index (χ4v) is 5.93. The van der Waals surface area contributed by atoms with Gasteiger partial charge in [-0.15, -0.1) is 11.3 Å². The first-order valence-electron chi connectivity index (χ1n) is 11.5. The van der Waals surface area contributed by atoms with Crippen molar-refractivity contribution in [2.75, 3.05) is 6.54 Å². The average Bonchev–Trinajstić information content (AvgIpc) is 3.52. The third-order valence-corrected chi connectivity index (χ3v) is 8.00. The molecule has 5 nitrogen and oxygen atoms in total. The number of carbonyl (C=O) groups excluding carboxylic acids is 2. The van der Waals surface area contributed by atoms with Crippen molar-refractivity contribution in [3.05, 3.63) is 41.0 Å². The van der Waals surface area contributed by atoms with Gasteiger partial charge in [-0.1, -0.05) is 51.0 Å². The molecule has 2 amide bonds. The van der Waals surface area contributed by atoms with Gasteiger partial charge in [0.25, 0.3) is 0 Å². The normalized spacial score (nSPS) is 22.6. The number of thiazole rings is 1. The van der Waals surface area contributed by atoms with Crippen LogP contribution in [0.3, 0.4) is 0 Å². The van der Waals surface area contributed by atoms with Crippen LogP contribution in [0.2, 0.25) is 0 Å². The number of rotatable bonds is 6. The number of nitrogens with one attached hydrogen (secondary N) is 1. The Hall–Kier alpha value is -2.21. The summed E-state index contributed by atoms with van der Waals surface area (Å²) in [7, 11) is 0. The molecule has 166 valence electrons. The lowest BCUT2D eigenvalue weighted by Gasteiger charge is -2.29. The number of hydrogen-bond acceptors (Lipinski definition) is 4. The van der Waals surface area contributed by atoms with Gasteiger partial charge in [-0.05, 0) is 49.1 Å². The molecule has 1 saturated carbocycles. The van der Waals surface area contributed by atoms with Crippen LogP contribution in [0.1, 0.15) is 57.2 Å². The summed E-state index contributed by atoms with van der Waals surface area (Å²) in [6, 6.07) is 7.93. The molecule has 2 heterocycles. The number of likely N-dealkylation sites (tertiary alicyclic amines) is 1. The van der Waals surface area contributed by atoms with Crippen molar-refractivity contribution in [1.29, 1.82) is 0 Å². The van der Waals surface area contributed by atoms with Gasteiger partial charge in [-0.3, -0.25) is 9.59 Å². The third-order valence-electron chi connectivity index (χ3n) is 7.02. The standard InChI is InChI=1S/C25H33N3O2S/c1-16-12-22(28(14-16)25(30)17(2)20-6-4-5-7-20)24(29)26-13-19-8-10-21(11-9-19)23-18(3)27-15-31-23/h8-11,15-17,20,22H,4-7,12-14H2,1-3H3,(H,26,29)/t16-,17?,22+/m1/s1. The molecule has 1 aliphatic carbocycles. The molecule has 2 aliphatic rings. The summed E-state index contributed by atoms with van der Waals surface area (Å²) in [6.07, 6.45) is 5.49. The Kier molecular flexibility index (Phi) is 6.75. The van der Waals surface area contributed by atoms with E-state index in [4.69, 9.17) is 0 Å². The predicted octanol–water partition coefficient (Wildman–Crippen LogP) is 4.80. The topological polar surface area (TPSA) is 62.3 Å². The largest absolute Gasteiger partial charge is 0.350 e. The van der Waals surface area contributed by atoms with E-state index < -0.39 is 0 Å². The van der Waals surface area contributed by atoms with Crippen LogP contribution in [-0.2, 0) is 16.1 Å². The molecule has 0 radical (unpaired) electrons. The Morgan fingerprint density at radius 2 is 1.94 bits per heavy atom.